The van der Waals surface area contributed by atoms with E-state index in [1.807, 2.05) is 7.05 Å². The van der Waals surface area contributed by atoms with Crippen molar-refractivity contribution < 1.29 is 1.43 Å². The highest BCUT2D eigenvalue weighted by molar-refractivity contribution is 4.40. The zero-order valence-electron chi connectivity index (χ0n) is 4.08. The van der Waals surface area contributed by atoms with Crippen LogP contribution in [0.4, 0.5) is 0 Å². The molecule has 34 valence electrons. The van der Waals surface area contributed by atoms with Crippen LogP contribution >= 0.6 is 0 Å². The summed E-state index contributed by atoms with van der Waals surface area (Å²) in [5.74, 6) is 0. The molecule has 0 unspecified atom stereocenters. The lowest BCUT2D eigenvalue weighted by Crippen LogP contribution is -2.15. The zero-order valence-corrected chi connectivity index (χ0v) is 4.08. The molecule has 0 aliphatic carbocycles. The van der Waals surface area contributed by atoms with E-state index in [9.17, 15) is 0 Å². The lowest BCUT2D eigenvalue weighted by molar-refractivity contribution is 0.668. The molecule has 0 atom stereocenters. The van der Waals surface area contributed by atoms with Crippen molar-refractivity contribution in [3.05, 3.63) is 0 Å². The molecule has 0 saturated carbocycles. The maximum atomic E-state index is 3.03. The van der Waals surface area contributed by atoms with E-state index in [0.717, 1.165) is 0 Å². The third-order valence-corrected chi connectivity index (χ3v) is 0.577. The highest BCUT2D eigenvalue weighted by Crippen LogP contribution is 1.66. The summed E-state index contributed by atoms with van der Waals surface area (Å²) in [7, 11) is 1.95. The standard InChI is InChI=1S/C4H11N.H2/c1-4(2)5-3;/h4-5H,1-3H3;1H. The fourth-order valence-electron chi connectivity index (χ4n) is 0. The van der Waals surface area contributed by atoms with Crippen LogP contribution in [0.1, 0.15) is 15.3 Å². The largest absolute Gasteiger partial charge is 0.318 e. The van der Waals surface area contributed by atoms with Gasteiger partial charge in [0.15, 0.2) is 0 Å². The number of hydrogen-bond acceptors (Lipinski definition) is 1. The van der Waals surface area contributed by atoms with Gasteiger partial charge in [-0.1, -0.05) is 13.8 Å². The van der Waals surface area contributed by atoms with E-state index in [-0.39, 0.29) is 1.43 Å². The first-order valence-electron chi connectivity index (χ1n) is 1.94. The molecule has 0 aliphatic heterocycles. The molecule has 0 aliphatic rings. The van der Waals surface area contributed by atoms with Gasteiger partial charge in [-0.05, 0) is 7.05 Å². The van der Waals surface area contributed by atoms with Crippen molar-refractivity contribution in [2.45, 2.75) is 19.9 Å². The summed E-state index contributed by atoms with van der Waals surface area (Å²) in [5, 5.41) is 3.03. The molecule has 0 amide bonds. The van der Waals surface area contributed by atoms with Gasteiger partial charge in [0.2, 0.25) is 0 Å². The van der Waals surface area contributed by atoms with Gasteiger partial charge in [0.05, 0.1) is 0 Å². The zero-order chi connectivity index (χ0) is 4.28. The second-order valence-electron chi connectivity index (χ2n) is 1.44. The van der Waals surface area contributed by atoms with Crippen LogP contribution in [-0.2, 0) is 0 Å². The molecule has 0 aromatic rings. The van der Waals surface area contributed by atoms with Gasteiger partial charge in [-0.3, -0.25) is 0 Å². The molecule has 0 fully saturated rings. The first-order chi connectivity index (χ1) is 2.27. The maximum absolute atomic E-state index is 3.03. The maximum Gasteiger partial charge on any atom is 0.000733 e. The summed E-state index contributed by atoms with van der Waals surface area (Å²) in [6.07, 6.45) is 0. The molecule has 1 nitrogen and oxygen atoms in total. The van der Waals surface area contributed by atoms with Gasteiger partial charge in [-0.15, -0.1) is 0 Å². The van der Waals surface area contributed by atoms with E-state index in [2.05, 4.69) is 19.2 Å². The molecule has 1 heteroatoms. The van der Waals surface area contributed by atoms with Crippen LogP contribution in [0.15, 0.2) is 0 Å². The quantitative estimate of drug-likeness (QED) is 0.487. The van der Waals surface area contributed by atoms with Crippen LogP contribution in [0.25, 0.3) is 0 Å². The Labute approximate surface area is 34.9 Å². The molecule has 0 radical (unpaired) electrons. The highest BCUT2D eigenvalue weighted by atomic mass is 14.8. The van der Waals surface area contributed by atoms with Gasteiger partial charge in [-0.25, -0.2) is 0 Å². The van der Waals surface area contributed by atoms with E-state index in [1.54, 1.807) is 0 Å². The summed E-state index contributed by atoms with van der Waals surface area (Å²) >= 11 is 0. The van der Waals surface area contributed by atoms with Crippen molar-refractivity contribution in [3.63, 3.8) is 0 Å². The predicted octanol–water partition coefficient (Wildman–Crippen LogP) is 0.860. The summed E-state index contributed by atoms with van der Waals surface area (Å²) < 4.78 is 0. The Balaban J connectivity index is 0. The van der Waals surface area contributed by atoms with Gasteiger partial charge < -0.3 is 5.32 Å². The molecule has 0 aromatic heterocycles. The summed E-state index contributed by atoms with van der Waals surface area (Å²) in [6, 6.07) is 0.634. The molecule has 0 bridgehead atoms. The SMILES string of the molecule is CNC(C)C.[HH]. The van der Waals surface area contributed by atoms with Crippen LogP contribution in [0.2, 0.25) is 0 Å². The molecule has 5 heavy (non-hydrogen) atoms. The number of rotatable bonds is 1. The Morgan fingerprint density at radius 3 is 1.80 bits per heavy atom. The summed E-state index contributed by atoms with van der Waals surface area (Å²) in [5.41, 5.74) is 0. The first-order valence-corrected chi connectivity index (χ1v) is 1.94. The van der Waals surface area contributed by atoms with Crippen LogP contribution in [0.5, 0.6) is 0 Å². The van der Waals surface area contributed by atoms with Crippen molar-refractivity contribution in [2.24, 2.45) is 0 Å². The molecular formula is C4H13N. The lowest BCUT2D eigenvalue weighted by Gasteiger charge is -1.95. The van der Waals surface area contributed by atoms with Crippen LogP contribution in [0, 0.1) is 0 Å². The summed E-state index contributed by atoms with van der Waals surface area (Å²) in [6.45, 7) is 4.22. The average Bonchev–Trinajstić information content (AvgIpc) is 1.38. The second-order valence-corrected chi connectivity index (χ2v) is 1.44. The second kappa shape index (κ2) is 2.21. The Morgan fingerprint density at radius 1 is 1.60 bits per heavy atom. The van der Waals surface area contributed by atoms with Crippen molar-refractivity contribution in [3.8, 4) is 0 Å². The van der Waals surface area contributed by atoms with E-state index in [0.29, 0.717) is 6.04 Å². The number of hydrogen-bond donors (Lipinski definition) is 1. The fourth-order valence-corrected chi connectivity index (χ4v) is 0. The highest BCUT2D eigenvalue weighted by Gasteiger charge is 1.76. The molecule has 0 aromatic carbocycles. The van der Waals surface area contributed by atoms with E-state index >= 15 is 0 Å². The Kier molecular flexibility index (Phi) is 2.19. The van der Waals surface area contributed by atoms with Crippen LogP contribution in [0.3, 0.4) is 0 Å². The normalized spacial score (nSPS) is 9.60. The summed E-state index contributed by atoms with van der Waals surface area (Å²) in [4.78, 5) is 0. The Bertz CT molecular complexity index is 21.5. The molecule has 0 rings (SSSR count). The third-order valence-electron chi connectivity index (χ3n) is 0.577. The van der Waals surface area contributed by atoms with Gasteiger partial charge in [-0.2, -0.15) is 0 Å². The molecule has 1 N–H and O–H groups in total. The van der Waals surface area contributed by atoms with Gasteiger partial charge in [0.25, 0.3) is 0 Å². The van der Waals surface area contributed by atoms with Gasteiger partial charge in [0.1, 0.15) is 0 Å². The van der Waals surface area contributed by atoms with Crippen LogP contribution in [-0.4, -0.2) is 13.1 Å². The minimum atomic E-state index is 0. The van der Waals surface area contributed by atoms with Crippen molar-refractivity contribution in [1.29, 1.82) is 0 Å². The molecule has 0 spiro atoms. The molecular weight excluding hydrogens is 62.1 g/mol. The van der Waals surface area contributed by atoms with Crippen molar-refractivity contribution in [1.82, 2.24) is 5.32 Å². The monoisotopic (exact) mass is 75.1 g/mol. The molecule has 0 heterocycles. The van der Waals surface area contributed by atoms with Crippen molar-refractivity contribution in [2.75, 3.05) is 7.05 Å². The van der Waals surface area contributed by atoms with Crippen molar-refractivity contribution >= 4 is 0 Å². The Hall–Kier alpha value is -0.0400. The topological polar surface area (TPSA) is 12.0 Å². The van der Waals surface area contributed by atoms with E-state index in [4.69, 9.17) is 0 Å². The predicted molar refractivity (Wildman–Crippen MR) is 26.3 cm³/mol. The minimum Gasteiger partial charge on any atom is -0.318 e. The van der Waals surface area contributed by atoms with Crippen LogP contribution < -0.4 is 5.32 Å². The van der Waals surface area contributed by atoms with Gasteiger partial charge >= 0.3 is 0 Å². The number of nitrogens with one attached hydrogen (secondary N) is 1. The minimum absolute atomic E-state index is 0. The lowest BCUT2D eigenvalue weighted by atomic mass is 10.4. The fraction of sp³-hybridized carbons (Fsp3) is 1.00. The van der Waals surface area contributed by atoms with Gasteiger partial charge in [0, 0.05) is 7.47 Å². The smallest absolute Gasteiger partial charge is 0.000733 e. The molecule has 0 saturated heterocycles. The first kappa shape index (κ1) is 4.96. The Morgan fingerprint density at radius 2 is 1.80 bits per heavy atom. The third kappa shape index (κ3) is 3.96. The van der Waals surface area contributed by atoms with E-state index < -0.39 is 0 Å². The van der Waals surface area contributed by atoms with E-state index in [1.165, 1.54) is 0 Å². The average molecular weight is 75.2 g/mol.